The third kappa shape index (κ3) is 8.06. The zero-order valence-electron chi connectivity index (χ0n) is 11.6. The fourth-order valence-electron chi connectivity index (χ4n) is 2.53. The van der Waals surface area contributed by atoms with Crippen LogP contribution in [0.3, 0.4) is 0 Å². The highest BCUT2D eigenvalue weighted by atomic mass is 32.2. The van der Waals surface area contributed by atoms with Crippen molar-refractivity contribution in [2.24, 2.45) is 0 Å². The second-order valence-corrected chi connectivity index (χ2v) is 6.28. The normalized spacial score (nSPS) is 23.3. The van der Waals surface area contributed by atoms with E-state index >= 15 is 0 Å². The molecule has 0 spiro atoms. The Kier molecular flexibility index (Phi) is 9.21. The number of unbranched alkanes of at least 4 members (excludes halogenated alkanes) is 1. The second kappa shape index (κ2) is 10.2. The van der Waals surface area contributed by atoms with Gasteiger partial charge in [0.25, 0.3) is 0 Å². The Hall–Kier alpha value is 0.270. The van der Waals surface area contributed by atoms with Crippen molar-refractivity contribution >= 4 is 11.8 Å². The van der Waals surface area contributed by atoms with Crippen LogP contribution in [0.1, 0.15) is 51.9 Å². The van der Waals surface area contributed by atoms with Crippen LogP contribution in [0, 0.1) is 0 Å². The summed E-state index contributed by atoms with van der Waals surface area (Å²) in [4.78, 5) is 0. The highest BCUT2D eigenvalue weighted by Crippen LogP contribution is 2.12. The first kappa shape index (κ1) is 15.3. The first-order chi connectivity index (χ1) is 8.33. The molecule has 0 bridgehead atoms. The van der Waals surface area contributed by atoms with Crippen molar-refractivity contribution in [1.82, 2.24) is 10.6 Å². The van der Waals surface area contributed by atoms with E-state index in [0.29, 0.717) is 6.04 Å². The molecule has 1 aliphatic rings. The molecule has 1 saturated heterocycles. The summed E-state index contributed by atoms with van der Waals surface area (Å²) >= 11 is 1.95. The smallest absolute Gasteiger partial charge is 0.00817 e. The maximum atomic E-state index is 3.68. The zero-order chi connectivity index (χ0) is 12.3. The topological polar surface area (TPSA) is 24.1 Å². The van der Waals surface area contributed by atoms with Gasteiger partial charge in [-0.05, 0) is 64.1 Å². The van der Waals surface area contributed by atoms with E-state index in [1.54, 1.807) is 0 Å². The fourth-order valence-corrected chi connectivity index (χ4v) is 3.02. The van der Waals surface area contributed by atoms with Crippen molar-refractivity contribution in [2.75, 3.05) is 25.1 Å². The Morgan fingerprint density at radius 3 is 3.00 bits per heavy atom. The highest BCUT2D eigenvalue weighted by molar-refractivity contribution is 7.98. The second-order valence-electron chi connectivity index (χ2n) is 5.29. The molecule has 0 saturated carbocycles. The number of hydrogen-bond acceptors (Lipinski definition) is 3. The van der Waals surface area contributed by atoms with Gasteiger partial charge in [-0.1, -0.05) is 12.8 Å². The van der Waals surface area contributed by atoms with Gasteiger partial charge in [-0.15, -0.1) is 0 Å². The summed E-state index contributed by atoms with van der Waals surface area (Å²) in [5, 5.41) is 7.34. The lowest BCUT2D eigenvalue weighted by Crippen LogP contribution is -2.37. The van der Waals surface area contributed by atoms with E-state index in [9.17, 15) is 0 Å². The van der Waals surface area contributed by atoms with Gasteiger partial charge in [-0.3, -0.25) is 0 Å². The van der Waals surface area contributed by atoms with Crippen LogP contribution >= 0.6 is 11.8 Å². The van der Waals surface area contributed by atoms with E-state index in [4.69, 9.17) is 0 Å². The van der Waals surface area contributed by atoms with Gasteiger partial charge >= 0.3 is 0 Å². The first-order valence-corrected chi connectivity index (χ1v) is 8.68. The van der Waals surface area contributed by atoms with E-state index in [0.717, 1.165) is 6.04 Å². The van der Waals surface area contributed by atoms with Gasteiger partial charge in [-0.25, -0.2) is 0 Å². The predicted molar refractivity (Wildman–Crippen MR) is 80.0 cm³/mol. The molecule has 1 fully saturated rings. The molecule has 2 nitrogen and oxygen atoms in total. The number of thioether (sulfide) groups is 1. The number of rotatable bonds is 8. The van der Waals surface area contributed by atoms with Crippen LogP contribution in [0.25, 0.3) is 0 Å². The number of nitrogens with one attached hydrogen (secondary N) is 2. The van der Waals surface area contributed by atoms with Gasteiger partial charge in [0.1, 0.15) is 0 Å². The van der Waals surface area contributed by atoms with Gasteiger partial charge < -0.3 is 10.6 Å². The molecule has 0 aromatic rings. The Morgan fingerprint density at radius 2 is 2.18 bits per heavy atom. The van der Waals surface area contributed by atoms with Crippen molar-refractivity contribution in [3.05, 3.63) is 0 Å². The van der Waals surface area contributed by atoms with Crippen molar-refractivity contribution in [3.63, 3.8) is 0 Å². The van der Waals surface area contributed by atoms with Gasteiger partial charge in [0.15, 0.2) is 0 Å². The SMILES string of the molecule is CSCCCCNC(C)CC1CCCCCN1. The van der Waals surface area contributed by atoms with Crippen LogP contribution < -0.4 is 10.6 Å². The fraction of sp³-hybridized carbons (Fsp3) is 1.00. The molecule has 17 heavy (non-hydrogen) atoms. The van der Waals surface area contributed by atoms with Crippen LogP contribution in [0.4, 0.5) is 0 Å². The first-order valence-electron chi connectivity index (χ1n) is 7.28. The van der Waals surface area contributed by atoms with Crippen molar-refractivity contribution < 1.29 is 0 Å². The van der Waals surface area contributed by atoms with Crippen molar-refractivity contribution in [2.45, 2.75) is 64.0 Å². The van der Waals surface area contributed by atoms with Gasteiger partial charge in [0.05, 0.1) is 0 Å². The van der Waals surface area contributed by atoms with Crippen LogP contribution in [-0.4, -0.2) is 37.2 Å². The average molecular weight is 258 g/mol. The summed E-state index contributed by atoms with van der Waals surface area (Å²) < 4.78 is 0. The van der Waals surface area contributed by atoms with E-state index in [-0.39, 0.29) is 0 Å². The Balaban J connectivity index is 2.00. The monoisotopic (exact) mass is 258 g/mol. The molecule has 0 aliphatic carbocycles. The molecule has 102 valence electrons. The summed E-state index contributed by atoms with van der Waals surface area (Å²) in [7, 11) is 0. The molecule has 2 atom stereocenters. The largest absolute Gasteiger partial charge is 0.314 e. The van der Waals surface area contributed by atoms with Crippen molar-refractivity contribution in [1.29, 1.82) is 0 Å². The summed E-state index contributed by atoms with van der Waals surface area (Å²) in [5.74, 6) is 1.31. The molecule has 0 radical (unpaired) electrons. The lowest BCUT2D eigenvalue weighted by atomic mass is 10.0. The molecule has 2 unspecified atom stereocenters. The molecule has 3 heteroatoms. The molecular weight excluding hydrogens is 228 g/mol. The standard InChI is InChI=1S/C14H30N2S/c1-13(15-9-6-7-11-17-2)12-14-8-4-3-5-10-16-14/h13-16H,3-12H2,1-2H3. The molecule has 1 rings (SSSR count). The van der Waals surface area contributed by atoms with Crippen molar-refractivity contribution in [3.8, 4) is 0 Å². The maximum absolute atomic E-state index is 3.68. The molecule has 2 N–H and O–H groups in total. The van der Waals surface area contributed by atoms with Crippen LogP contribution in [0.15, 0.2) is 0 Å². The van der Waals surface area contributed by atoms with E-state index in [1.807, 2.05) is 11.8 Å². The molecule has 1 heterocycles. The van der Waals surface area contributed by atoms with Gasteiger partial charge in [-0.2, -0.15) is 11.8 Å². The van der Waals surface area contributed by atoms with E-state index in [1.165, 1.54) is 63.8 Å². The Labute approximate surface area is 112 Å². The quantitative estimate of drug-likeness (QED) is 0.654. The average Bonchev–Trinajstić information content (AvgIpc) is 2.57. The number of hydrogen-bond donors (Lipinski definition) is 2. The minimum Gasteiger partial charge on any atom is -0.314 e. The van der Waals surface area contributed by atoms with Crippen LogP contribution in [0.5, 0.6) is 0 Å². The maximum Gasteiger partial charge on any atom is 0.00817 e. The molecule has 0 aromatic heterocycles. The zero-order valence-corrected chi connectivity index (χ0v) is 12.5. The third-order valence-corrected chi connectivity index (χ3v) is 4.27. The third-order valence-electron chi connectivity index (χ3n) is 3.57. The molecular formula is C14H30N2S. The lowest BCUT2D eigenvalue weighted by molar-refractivity contribution is 0.401. The van der Waals surface area contributed by atoms with Gasteiger partial charge in [0, 0.05) is 12.1 Å². The summed E-state index contributed by atoms with van der Waals surface area (Å²) in [6, 6.07) is 1.42. The lowest BCUT2D eigenvalue weighted by Gasteiger charge is -2.21. The van der Waals surface area contributed by atoms with E-state index in [2.05, 4.69) is 23.8 Å². The Bertz CT molecular complexity index is 168. The minimum atomic E-state index is 0.667. The van der Waals surface area contributed by atoms with Crippen LogP contribution in [-0.2, 0) is 0 Å². The highest BCUT2D eigenvalue weighted by Gasteiger charge is 2.14. The van der Waals surface area contributed by atoms with Crippen LogP contribution in [0.2, 0.25) is 0 Å². The molecule has 0 aromatic carbocycles. The Morgan fingerprint density at radius 1 is 1.29 bits per heavy atom. The van der Waals surface area contributed by atoms with Gasteiger partial charge in [0.2, 0.25) is 0 Å². The summed E-state index contributed by atoms with van der Waals surface area (Å²) in [6.45, 7) is 4.75. The predicted octanol–water partition coefficient (Wildman–Crippen LogP) is 3.03. The molecule has 1 aliphatic heterocycles. The molecule has 0 amide bonds. The van der Waals surface area contributed by atoms with E-state index < -0.39 is 0 Å². The summed E-state index contributed by atoms with van der Waals surface area (Å²) in [6.07, 6.45) is 11.7. The summed E-state index contributed by atoms with van der Waals surface area (Å²) in [5.41, 5.74) is 0. The minimum absolute atomic E-state index is 0.667.